The van der Waals surface area contributed by atoms with Crippen molar-refractivity contribution in [1.82, 2.24) is 0 Å². The third kappa shape index (κ3) is 1.60. The number of hydrogen-bond acceptors (Lipinski definition) is 2. The van der Waals surface area contributed by atoms with Gasteiger partial charge in [0.25, 0.3) is 0 Å². The number of furan rings is 1. The van der Waals surface area contributed by atoms with E-state index in [1.54, 1.807) is 6.26 Å². The van der Waals surface area contributed by atoms with E-state index in [4.69, 9.17) is 10.2 Å². The highest BCUT2D eigenvalue weighted by Crippen LogP contribution is 2.24. The summed E-state index contributed by atoms with van der Waals surface area (Å²) in [6.45, 7) is 2.20. The van der Waals surface area contributed by atoms with Gasteiger partial charge in [-0.3, -0.25) is 0 Å². The van der Waals surface area contributed by atoms with Gasteiger partial charge >= 0.3 is 0 Å². The molecule has 0 aliphatic rings. The second-order valence-corrected chi connectivity index (χ2v) is 3.63. The molecule has 2 N–H and O–H groups in total. The quantitative estimate of drug-likeness (QED) is 0.804. The van der Waals surface area contributed by atoms with Gasteiger partial charge in [-0.25, -0.2) is 0 Å². The van der Waals surface area contributed by atoms with E-state index in [1.807, 2.05) is 6.07 Å². The largest absolute Gasteiger partial charge is 0.448 e. The number of fused-ring (bicyclic) bond motifs is 1. The van der Waals surface area contributed by atoms with E-state index in [9.17, 15) is 0 Å². The van der Waals surface area contributed by atoms with Gasteiger partial charge in [0.1, 0.15) is 6.26 Å². The third-order valence-electron chi connectivity index (χ3n) is 2.51. The number of aryl methyl sites for hydroxylation is 1. The maximum Gasteiger partial charge on any atom is 0.197 e. The van der Waals surface area contributed by atoms with Crippen LogP contribution in [0.3, 0.4) is 0 Å². The maximum absolute atomic E-state index is 5.66. The Morgan fingerprint density at radius 2 is 2.21 bits per heavy atom. The van der Waals surface area contributed by atoms with Crippen molar-refractivity contribution in [3.05, 3.63) is 30.0 Å². The third-order valence-corrected chi connectivity index (χ3v) is 2.51. The average molecular weight is 189 g/mol. The smallest absolute Gasteiger partial charge is 0.197 e. The lowest BCUT2D eigenvalue weighted by Crippen LogP contribution is -1.84. The Bertz CT molecular complexity index is 431. The summed E-state index contributed by atoms with van der Waals surface area (Å²) in [6, 6.07) is 6.33. The van der Waals surface area contributed by atoms with Gasteiger partial charge in [0, 0.05) is 10.8 Å². The highest BCUT2D eigenvalue weighted by atomic mass is 16.3. The molecule has 0 saturated heterocycles. The highest BCUT2D eigenvalue weighted by Gasteiger charge is 2.02. The van der Waals surface area contributed by atoms with Crippen LogP contribution in [0.5, 0.6) is 0 Å². The molecule has 2 heteroatoms. The molecule has 2 aromatic rings. The standard InChI is InChI=1S/C12H15NO/c1-2-3-4-9-5-6-11-10(7-9)8-14-12(11)13/h5-8H,2-4,13H2,1H3. The lowest BCUT2D eigenvalue weighted by atomic mass is 10.1. The highest BCUT2D eigenvalue weighted by molar-refractivity contribution is 5.90. The van der Waals surface area contributed by atoms with Crippen molar-refractivity contribution in [2.75, 3.05) is 5.73 Å². The molecule has 1 heterocycles. The lowest BCUT2D eigenvalue weighted by Gasteiger charge is -1.99. The summed E-state index contributed by atoms with van der Waals surface area (Å²) in [6.07, 6.45) is 5.32. The van der Waals surface area contributed by atoms with Gasteiger partial charge in [-0.15, -0.1) is 0 Å². The van der Waals surface area contributed by atoms with E-state index in [0.717, 1.165) is 17.2 Å². The Labute approximate surface area is 83.7 Å². The summed E-state index contributed by atoms with van der Waals surface area (Å²) >= 11 is 0. The summed E-state index contributed by atoms with van der Waals surface area (Å²) in [5, 5.41) is 2.13. The van der Waals surface area contributed by atoms with Gasteiger partial charge in [-0.2, -0.15) is 0 Å². The predicted molar refractivity (Wildman–Crippen MR) is 59.2 cm³/mol. The van der Waals surface area contributed by atoms with Crippen LogP contribution in [0.25, 0.3) is 10.8 Å². The Kier molecular flexibility index (Phi) is 2.44. The molecule has 2 rings (SSSR count). The van der Waals surface area contributed by atoms with E-state index in [0.29, 0.717) is 5.88 Å². The van der Waals surface area contributed by atoms with Gasteiger partial charge in [0.2, 0.25) is 0 Å². The molecule has 0 atom stereocenters. The molecule has 0 saturated carbocycles. The average Bonchev–Trinajstić information content (AvgIpc) is 2.57. The molecule has 0 aliphatic heterocycles. The van der Waals surface area contributed by atoms with E-state index < -0.39 is 0 Å². The molecule has 2 nitrogen and oxygen atoms in total. The molecule has 1 aromatic heterocycles. The molecule has 0 fully saturated rings. The fourth-order valence-electron chi connectivity index (χ4n) is 1.66. The molecule has 0 unspecified atom stereocenters. The fourth-order valence-corrected chi connectivity index (χ4v) is 1.66. The fraction of sp³-hybridized carbons (Fsp3) is 0.333. The lowest BCUT2D eigenvalue weighted by molar-refractivity contribution is 0.592. The van der Waals surface area contributed by atoms with Crippen molar-refractivity contribution >= 4 is 16.7 Å². The first-order valence-corrected chi connectivity index (χ1v) is 5.07. The summed E-state index contributed by atoms with van der Waals surface area (Å²) in [7, 11) is 0. The van der Waals surface area contributed by atoms with Gasteiger partial charge in [0.15, 0.2) is 5.88 Å². The van der Waals surface area contributed by atoms with Gasteiger partial charge in [0.05, 0.1) is 0 Å². The Balaban J connectivity index is 2.32. The molecule has 14 heavy (non-hydrogen) atoms. The van der Waals surface area contributed by atoms with Crippen LogP contribution in [0.15, 0.2) is 28.9 Å². The first-order chi connectivity index (χ1) is 6.81. The Hall–Kier alpha value is -1.44. The number of unbranched alkanes of at least 4 members (excludes halogenated alkanes) is 1. The normalized spacial score (nSPS) is 10.9. The van der Waals surface area contributed by atoms with Crippen LogP contribution in [0.4, 0.5) is 5.88 Å². The second kappa shape index (κ2) is 3.74. The minimum absolute atomic E-state index is 0.516. The minimum atomic E-state index is 0.516. The number of anilines is 1. The zero-order chi connectivity index (χ0) is 9.97. The first-order valence-electron chi connectivity index (χ1n) is 5.07. The van der Waals surface area contributed by atoms with Crippen LogP contribution in [0, 0.1) is 0 Å². The van der Waals surface area contributed by atoms with E-state index >= 15 is 0 Å². The van der Waals surface area contributed by atoms with E-state index in [-0.39, 0.29) is 0 Å². The summed E-state index contributed by atoms with van der Waals surface area (Å²) in [4.78, 5) is 0. The molecule has 74 valence electrons. The first kappa shape index (κ1) is 9.13. The van der Waals surface area contributed by atoms with Crippen molar-refractivity contribution < 1.29 is 4.42 Å². The van der Waals surface area contributed by atoms with Crippen molar-refractivity contribution in [1.29, 1.82) is 0 Å². The SMILES string of the molecule is CCCCc1ccc2c(N)occ2c1. The van der Waals surface area contributed by atoms with Gasteiger partial charge in [-0.05, 0) is 30.5 Å². The summed E-state index contributed by atoms with van der Waals surface area (Å²) in [5.74, 6) is 0.516. The predicted octanol–water partition coefficient (Wildman–Crippen LogP) is 3.36. The van der Waals surface area contributed by atoms with Gasteiger partial charge in [-0.1, -0.05) is 19.4 Å². The molecule has 1 aromatic carbocycles. The molecule has 0 bridgehead atoms. The van der Waals surface area contributed by atoms with Crippen molar-refractivity contribution in [2.24, 2.45) is 0 Å². The number of hydrogen-bond donors (Lipinski definition) is 1. The van der Waals surface area contributed by atoms with Crippen molar-refractivity contribution in [3.63, 3.8) is 0 Å². The van der Waals surface area contributed by atoms with Crippen LogP contribution in [0.2, 0.25) is 0 Å². The van der Waals surface area contributed by atoms with E-state index in [1.165, 1.54) is 18.4 Å². The molecule has 0 amide bonds. The maximum atomic E-state index is 5.66. The zero-order valence-corrected chi connectivity index (χ0v) is 8.42. The summed E-state index contributed by atoms with van der Waals surface area (Å²) in [5.41, 5.74) is 7.02. The molecular weight excluding hydrogens is 174 g/mol. The Morgan fingerprint density at radius 3 is 3.00 bits per heavy atom. The van der Waals surface area contributed by atoms with Gasteiger partial charge < -0.3 is 10.2 Å². The van der Waals surface area contributed by atoms with Crippen LogP contribution >= 0.6 is 0 Å². The number of nitrogen functional groups attached to an aromatic ring is 1. The zero-order valence-electron chi connectivity index (χ0n) is 8.42. The van der Waals surface area contributed by atoms with Crippen LogP contribution in [0.1, 0.15) is 25.3 Å². The number of nitrogens with two attached hydrogens (primary N) is 1. The number of rotatable bonds is 3. The Morgan fingerprint density at radius 1 is 1.36 bits per heavy atom. The molecular formula is C12H15NO. The number of benzene rings is 1. The molecule has 0 spiro atoms. The summed E-state index contributed by atoms with van der Waals surface area (Å²) < 4.78 is 5.15. The topological polar surface area (TPSA) is 39.2 Å². The monoisotopic (exact) mass is 189 g/mol. The molecule has 0 radical (unpaired) electrons. The van der Waals surface area contributed by atoms with Crippen molar-refractivity contribution in [2.45, 2.75) is 26.2 Å². The van der Waals surface area contributed by atoms with Crippen LogP contribution in [-0.2, 0) is 6.42 Å². The second-order valence-electron chi connectivity index (χ2n) is 3.63. The van der Waals surface area contributed by atoms with E-state index in [2.05, 4.69) is 19.1 Å². The van der Waals surface area contributed by atoms with Crippen LogP contribution < -0.4 is 5.73 Å². The minimum Gasteiger partial charge on any atom is -0.448 e. The van der Waals surface area contributed by atoms with Crippen LogP contribution in [-0.4, -0.2) is 0 Å². The van der Waals surface area contributed by atoms with Crippen molar-refractivity contribution in [3.8, 4) is 0 Å². The molecule has 0 aliphatic carbocycles.